The Morgan fingerprint density at radius 3 is 2.12 bits per heavy atom. The molecule has 1 aromatic rings. The van der Waals surface area contributed by atoms with Crippen LogP contribution >= 0.6 is 0 Å². The molecule has 0 unspecified atom stereocenters. The number of hydrogen-bond donors (Lipinski definition) is 0. The van der Waals surface area contributed by atoms with Gasteiger partial charge in [0.05, 0.1) is 0 Å². The first-order valence-electron chi connectivity index (χ1n) is 5.19. The molecule has 0 saturated heterocycles. The first kappa shape index (κ1) is 14.0. The highest BCUT2D eigenvalue weighted by molar-refractivity contribution is 5.38. The van der Waals surface area contributed by atoms with Gasteiger partial charge in [-0.2, -0.15) is 5.26 Å². The van der Waals surface area contributed by atoms with Crippen LogP contribution in [0.4, 0.5) is 0 Å². The molecular formula is C15H17N. The second kappa shape index (κ2) is 8.33. The Bertz CT molecular complexity index is 407. The molecule has 0 aromatic heterocycles. The monoisotopic (exact) mass is 211 g/mol. The lowest BCUT2D eigenvalue weighted by Crippen LogP contribution is -1.73. The van der Waals surface area contributed by atoms with E-state index in [4.69, 9.17) is 5.26 Å². The topological polar surface area (TPSA) is 23.8 Å². The van der Waals surface area contributed by atoms with Gasteiger partial charge in [-0.15, -0.1) is 6.58 Å². The number of aryl methyl sites for hydroxylation is 1. The summed E-state index contributed by atoms with van der Waals surface area (Å²) in [6.07, 6.45) is 1.92. The highest BCUT2D eigenvalue weighted by Crippen LogP contribution is 2.00. The molecule has 0 amide bonds. The fraction of sp³-hybridized carbons (Fsp3) is 0.267. The van der Waals surface area contributed by atoms with Gasteiger partial charge >= 0.3 is 0 Å². The Morgan fingerprint density at radius 1 is 1.25 bits per heavy atom. The zero-order valence-corrected chi connectivity index (χ0v) is 10.1. The summed E-state index contributed by atoms with van der Waals surface area (Å²) in [7, 11) is 0. The van der Waals surface area contributed by atoms with E-state index in [-0.39, 0.29) is 0 Å². The summed E-state index contributed by atoms with van der Waals surface area (Å²) in [5, 5.41) is 8.16. The fourth-order valence-corrected chi connectivity index (χ4v) is 0.737. The minimum atomic E-state index is 0.648. The quantitative estimate of drug-likeness (QED) is 0.513. The maximum atomic E-state index is 8.16. The third kappa shape index (κ3) is 7.42. The van der Waals surface area contributed by atoms with Gasteiger partial charge in [0.2, 0.25) is 0 Å². The SMILES string of the molecule is C=CC(C)C.Cc1ccc(C#CC#N)cc1. The number of nitrogens with zero attached hydrogens (tertiary/aromatic N) is 1. The van der Waals surface area contributed by atoms with Crippen LogP contribution in [0.15, 0.2) is 36.9 Å². The Balaban J connectivity index is 0.000000385. The molecule has 16 heavy (non-hydrogen) atoms. The van der Waals surface area contributed by atoms with E-state index in [9.17, 15) is 0 Å². The van der Waals surface area contributed by atoms with Crippen molar-refractivity contribution in [3.63, 3.8) is 0 Å². The van der Waals surface area contributed by atoms with Gasteiger partial charge in [-0.05, 0) is 25.0 Å². The summed E-state index contributed by atoms with van der Waals surface area (Å²) in [4.78, 5) is 0. The fourth-order valence-electron chi connectivity index (χ4n) is 0.737. The van der Waals surface area contributed by atoms with Crippen molar-refractivity contribution in [2.24, 2.45) is 5.92 Å². The van der Waals surface area contributed by atoms with E-state index in [1.165, 1.54) is 5.56 Å². The van der Waals surface area contributed by atoms with Crippen molar-refractivity contribution in [1.82, 2.24) is 0 Å². The Kier molecular flexibility index (Phi) is 7.29. The van der Waals surface area contributed by atoms with Gasteiger partial charge in [0.15, 0.2) is 6.07 Å². The van der Waals surface area contributed by atoms with Gasteiger partial charge in [-0.3, -0.25) is 0 Å². The zero-order valence-electron chi connectivity index (χ0n) is 10.1. The summed E-state index contributed by atoms with van der Waals surface area (Å²) in [6.45, 7) is 9.78. The van der Waals surface area contributed by atoms with Crippen molar-refractivity contribution in [2.75, 3.05) is 0 Å². The van der Waals surface area contributed by atoms with Crippen molar-refractivity contribution in [1.29, 1.82) is 5.26 Å². The van der Waals surface area contributed by atoms with Crippen molar-refractivity contribution in [3.8, 4) is 17.9 Å². The maximum absolute atomic E-state index is 8.16. The minimum absolute atomic E-state index is 0.648. The third-order valence-corrected chi connectivity index (χ3v) is 1.79. The summed E-state index contributed by atoms with van der Waals surface area (Å²) < 4.78 is 0. The average Bonchev–Trinajstić information content (AvgIpc) is 2.29. The number of nitriles is 1. The van der Waals surface area contributed by atoms with Crippen LogP contribution in [0.3, 0.4) is 0 Å². The second-order valence-corrected chi connectivity index (χ2v) is 3.71. The molecule has 1 aromatic carbocycles. The van der Waals surface area contributed by atoms with E-state index in [1.807, 2.05) is 37.3 Å². The molecule has 0 radical (unpaired) electrons. The lowest BCUT2D eigenvalue weighted by Gasteiger charge is -1.89. The minimum Gasteiger partial charge on any atom is -0.183 e. The summed E-state index contributed by atoms with van der Waals surface area (Å²) >= 11 is 0. The maximum Gasteiger partial charge on any atom is 0.152 e. The molecule has 0 N–H and O–H groups in total. The molecule has 0 aliphatic carbocycles. The van der Waals surface area contributed by atoms with Crippen LogP contribution in [0.2, 0.25) is 0 Å². The first-order chi connectivity index (χ1) is 7.60. The molecule has 1 rings (SSSR count). The van der Waals surface area contributed by atoms with Crippen LogP contribution in [0, 0.1) is 36.0 Å². The zero-order chi connectivity index (χ0) is 12.4. The molecular weight excluding hydrogens is 194 g/mol. The van der Waals surface area contributed by atoms with Crippen molar-refractivity contribution < 1.29 is 0 Å². The van der Waals surface area contributed by atoms with Crippen LogP contribution in [0.1, 0.15) is 25.0 Å². The molecule has 0 fully saturated rings. The van der Waals surface area contributed by atoms with Gasteiger partial charge in [-0.1, -0.05) is 43.5 Å². The molecule has 0 heterocycles. The second-order valence-electron chi connectivity index (χ2n) is 3.71. The summed E-state index contributed by atoms with van der Waals surface area (Å²) in [5.74, 6) is 5.70. The number of benzene rings is 1. The van der Waals surface area contributed by atoms with Crippen LogP contribution in [0.25, 0.3) is 0 Å². The summed E-state index contributed by atoms with van der Waals surface area (Å²) in [6, 6.07) is 9.52. The molecule has 0 aliphatic rings. The lowest BCUT2D eigenvalue weighted by atomic mass is 10.2. The molecule has 0 bridgehead atoms. The molecule has 0 saturated carbocycles. The largest absolute Gasteiger partial charge is 0.183 e. The van der Waals surface area contributed by atoms with Crippen LogP contribution in [-0.4, -0.2) is 0 Å². The first-order valence-corrected chi connectivity index (χ1v) is 5.19. The van der Waals surface area contributed by atoms with Gasteiger partial charge in [0.25, 0.3) is 0 Å². The van der Waals surface area contributed by atoms with Crippen molar-refractivity contribution in [3.05, 3.63) is 48.0 Å². The van der Waals surface area contributed by atoms with E-state index >= 15 is 0 Å². The Labute approximate surface area is 98.4 Å². The van der Waals surface area contributed by atoms with E-state index < -0.39 is 0 Å². The molecule has 0 atom stereocenters. The van der Waals surface area contributed by atoms with E-state index in [0.29, 0.717) is 5.92 Å². The predicted octanol–water partition coefficient (Wildman–Crippen LogP) is 3.70. The van der Waals surface area contributed by atoms with Crippen LogP contribution in [-0.2, 0) is 0 Å². The highest BCUT2D eigenvalue weighted by atomic mass is 14.2. The van der Waals surface area contributed by atoms with Crippen molar-refractivity contribution >= 4 is 0 Å². The summed E-state index contributed by atoms with van der Waals surface area (Å²) in [5.41, 5.74) is 2.09. The van der Waals surface area contributed by atoms with E-state index in [1.54, 1.807) is 6.07 Å². The predicted molar refractivity (Wildman–Crippen MR) is 68.7 cm³/mol. The van der Waals surface area contributed by atoms with Crippen molar-refractivity contribution in [2.45, 2.75) is 20.8 Å². The van der Waals surface area contributed by atoms with E-state index in [2.05, 4.69) is 32.3 Å². The van der Waals surface area contributed by atoms with E-state index in [0.717, 1.165) is 5.56 Å². The molecule has 0 aliphatic heterocycles. The molecule has 1 heteroatoms. The van der Waals surface area contributed by atoms with Gasteiger partial charge in [0, 0.05) is 11.5 Å². The molecule has 1 nitrogen and oxygen atoms in total. The standard InChI is InChI=1S/C10H7N.C5H10/c1-9-4-6-10(7-5-9)3-2-8-11;1-4-5(2)3/h4-7H,1H3;4-5H,1H2,2-3H3. The van der Waals surface area contributed by atoms with Gasteiger partial charge < -0.3 is 0 Å². The molecule has 82 valence electrons. The average molecular weight is 211 g/mol. The van der Waals surface area contributed by atoms with Gasteiger partial charge in [-0.25, -0.2) is 0 Å². The Morgan fingerprint density at radius 2 is 1.75 bits per heavy atom. The number of hydrogen-bond acceptors (Lipinski definition) is 1. The number of allylic oxidation sites excluding steroid dienone is 1. The normalized spacial score (nSPS) is 7.94. The third-order valence-electron chi connectivity index (χ3n) is 1.79. The Hall–Kier alpha value is -1.99. The van der Waals surface area contributed by atoms with Crippen LogP contribution < -0.4 is 0 Å². The molecule has 0 spiro atoms. The van der Waals surface area contributed by atoms with Crippen LogP contribution in [0.5, 0.6) is 0 Å². The highest BCUT2D eigenvalue weighted by Gasteiger charge is 1.84. The smallest absolute Gasteiger partial charge is 0.152 e. The number of rotatable bonds is 1. The van der Waals surface area contributed by atoms with Gasteiger partial charge in [0.1, 0.15) is 0 Å². The lowest BCUT2D eigenvalue weighted by molar-refractivity contribution is 0.835.